The Bertz CT molecular complexity index is 919. The summed E-state index contributed by atoms with van der Waals surface area (Å²) in [5.41, 5.74) is 15.1. The van der Waals surface area contributed by atoms with Gasteiger partial charge in [-0.05, 0) is 41.1 Å². The Hall–Kier alpha value is -3.20. The second kappa shape index (κ2) is 10.5. The molecule has 8 heteroatoms. The van der Waals surface area contributed by atoms with Gasteiger partial charge in [0.1, 0.15) is 0 Å². The van der Waals surface area contributed by atoms with Crippen LogP contribution in [0.1, 0.15) is 16.7 Å². The maximum atomic E-state index is 12.3. The number of aromatic nitrogens is 1. The van der Waals surface area contributed by atoms with Gasteiger partial charge in [-0.3, -0.25) is 9.69 Å². The van der Waals surface area contributed by atoms with E-state index in [4.69, 9.17) is 16.2 Å². The SMILES string of the molecule is N/C=C(\CN)c1cc(O)ncc1/C=C/C(=O)Nc1ccc(CN2CCOCC2)cc1. The van der Waals surface area contributed by atoms with Crippen molar-refractivity contribution in [2.45, 2.75) is 6.54 Å². The van der Waals surface area contributed by atoms with Crippen LogP contribution in [-0.4, -0.2) is 53.7 Å². The fourth-order valence-electron chi connectivity index (χ4n) is 3.19. The number of rotatable bonds is 7. The molecule has 0 atom stereocenters. The molecule has 0 saturated carbocycles. The number of ether oxygens (including phenoxy) is 1. The van der Waals surface area contributed by atoms with Crippen LogP contribution >= 0.6 is 0 Å². The Balaban J connectivity index is 1.62. The van der Waals surface area contributed by atoms with Crippen LogP contribution in [0.5, 0.6) is 5.88 Å². The van der Waals surface area contributed by atoms with Gasteiger partial charge < -0.3 is 26.6 Å². The van der Waals surface area contributed by atoms with E-state index in [1.54, 1.807) is 6.08 Å². The normalized spacial score (nSPS) is 15.4. The van der Waals surface area contributed by atoms with Crippen molar-refractivity contribution in [3.8, 4) is 5.88 Å². The van der Waals surface area contributed by atoms with Crippen molar-refractivity contribution in [1.82, 2.24) is 9.88 Å². The molecule has 0 bridgehead atoms. The quantitative estimate of drug-likeness (QED) is 0.511. The van der Waals surface area contributed by atoms with E-state index in [-0.39, 0.29) is 18.3 Å². The molecule has 30 heavy (non-hydrogen) atoms. The van der Waals surface area contributed by atoms with Gasteiger partial charge in [-0.2, -0.15) is 0 Å². The van der Waals surface area contributed by atoms with Gasteiger partial charge in [0, 0.05) is 55.8 Å². The molecule has 3 rings (SSSR count). The summed E-state index contributed by atoms with van der Waals surface area (Å²) < 4.78 is 5.37. The average Bonchev–Trinajstić information content (AvgIpc) is 2.76. The molecule has 0 radical (unpaired) electrons. The number of nitrogens with one attached hydrogen (secondary N) is 1. The Morgan fingerprint density at radius 2 is 2.00 bits per heavy atom. The van der Waals surface area contributed by atoms with E-state index in [0.29, 0.717) is 22.4 Å². The van der Waals surface area contributed by atoms with E-state index in [1.807, 2.05) is 24.3 Å². The minimum atomic E-state index is -0.277. The smallest absolute Gasteiger partial charge is 0.248 e. The second-order valence-corrected chi connectivity index (χ2v) is 6.93. The minimum absolute atomic E-state index is 0.142. The number of carbonyl (C=O) groups is 1. The number of nitrogens with two attached hydrogens (primary N) is 2. The molecular weight excluding hydrogens is 382 g/mol. The van der Waals surface area contributed by atoms with Gasteiger partial charge >= 0.3 is 0 Å². The van der Waals surface area contributed by atoms with Gasteiger partial charge in [0.2, 0.25) is 11.8 Å². The van der Waals surface area contributed by atoms with Crippen LogP contribution in [0.2, 0.25) is 0 Å². The monoisotopic (exact) mass is 409 g/mol. The number of morpholine rings is 1. The zero-order chi connectivity index (χ0) is 21.3. The van der Waals surface area contributed by atoms with Crippen molar-refractivity contribution in [1.29, 1.82) is 0 Å². The number of hydrogen-bond acceptors (Lipinski definition) is 7. The lowest BCUT2D eigenvalue weighted by atomic mass is 10.0. The Morgan fingerprint density at radius 3 is 2.67 bits per heavy atom. The highest BCUT2D eigenvalue weighted by atomic mass is 16.5. The molecule has 1 aliphatic heterocycles. The largest absolute Gasteiger partial charge is 0.493 e. The summed E-state index contributed by atoms with van der Waals surface area (Å²) in [4.78, 5) is 18.5. The second-order valence-electron chi connectivity index (χ2n) is 6.93. The van der Waals surface area contributed by atoms with E-state index >= 15 is 0 Å². The number of pyridine rings is 1. The summed E-state index contributed by atoms with van der Waals surface area (Å²) in [5, 5.41) is 12.5. The van der Waals surface area contributed by atoms with Gasteiger partial charge in [-0.25, -0.2) is 4.98 Å². The molecule has 1 aliphatic rings. The number of aromatic hydroxyl groups is 1. The van der Waals surface area contributed by atoms with Gasteiger partial charge in [0.15, 0.2) is 0 Å². The maximum absolute atomic E-state index is 12.3. The fourth-order valence-corrected chi connectivity index (χ4v) is 3.19. The highest BCUT2D eigenvalue weighted by molar-refractivity contribution is 6.02. The summed E-state index contributed by atoms with van der Waals surface area (Å²) in [6.07, 6.45) is 5.87. The van der Waals surface area contributed by atoms with Crippen LogP contribution in [0.3, 0.4) is 0 Å². The maximum Gasteiger partial charge on any atom is 0.248 e. The molecule has 0 spiro atoms. The molecule has 2 aromatic rings. The molecule has 1 saturated heterocycles. The van der Waals surface area contributed by atoms with Crippen LogP contribution in [0.25, 0.3) is 11.6 Å². The minimum Gasteiger partial charge on any atom is -0.493 e. The summed E-state index contributed by atoms with van der Waals surface area (Å²) in [6.45, 7) is 4.47. The summed E-state index contributed by atoms with van der Waals surface area (Å²) in [5.74, 6) is -0.419. The number of hydrogen-bond donors (Lipinski definition) is 4. The molecule has 2 heterocycles. The van der Waals surface area contributed by atoms with E-state index in [9.17, 15) is 9.90 Å². The Morgan fingerprint density at radius 1 is 1.27 bits per heavy atom. The zero-order valence-corrected chi connectivity index (χ0v) is 16.8. The van der Waals surface area contributed by atoms with Crippen molar-refractivity contribution in [2.75, 3.05) is 38.2 Å². The van der Waals surface area contributed by atoms with Gasteiger partial charge in [0.05, 0.1) is 13.2 Å². The molecule has 1 amide bonds. The molecular formula is C22H27N5O3. The van der Waals surface area contributed by atoms with Crippen LogP contribution in [0.4, 0.5) is 5.69 Å². The van der Waals surface area contributed by atoms with Crippen molar-refractivity contribution in [3.63, 3.8) is 0 Å². The van der Waals surface area contributed by atoms with E-state index < -0.39 is 0 Å². The highest BCUT2D eigenvalue weighted by Crippen LogP contribution is 2.22. The average molecular weight is 409 g/mol. The number of amides is 1. The molecule has 158 valence electrons. The molecule has 0 aliphatic carbocycles. The van der Waals surface area contributed by atoms with E-state index in [2.05, 4.69) is 15.2 Å². The first kappa shape index (κ1) is 21.5. The number of nitrogens with zero attached hydrogens (tertiary/aromatic N) is 2. The van der Waals surface area contributed by atoms with Crippen LogP contribution in [0.15, 0.2) is 48.8 Å². The van der Waals surface area contributed by atoms with Gasteiger partial charge in [-0.15, -0.1) is 0 Å². The third kappa shape index (κ3) is 5.90. The van der Waals surface area contributed by atoms with Gasteiger partial charge in [0.25, 0.3) is 0 Å². The van der Waals surface area contributed by atoms with Crippen molar-refractivity contribution < 1.29 is 14.6 Å². The number of anilines is 1. The Kier molecular flexibility index (Phi) is 7.56. The topological polar surface area (TPSA) is 127 Å². The fraction of sp³-hybridized carbons (Fsp3) is 0.273. The zero-order valence-electron chi connectivity index (χ0n) is 16.8. The molecule has 0 unspecified atom stereocenters. The lowest BCUT2D eigenvalue weighted by molar-refractivity contribution is -0.111. The number of benzene rings is 1. The summed E-state index contributed by atoms with van der Waals surface area (Å²) >= 11 is 0. The predicted molar refractivity (Wildman–Crippen MR) is 117 cm³/mol. The van der Waals surface area contributed by atoms with E-state index in [1.165, 1.54) is 30.1 Å². The van der Waals surface area contributed by atoms with Gasteiger partial charge in [-0.1, -0.05) is 12.1 Å². The number of carbonyl (C=O) groups excluding carboxylic acids is 1. The lowest BCUT2D eigenvalue weighted by Crippen LogP contribution is -2.35. The Labute approximate surface area is 175 Å². The molecule has 1 fully saturated rings. The first-order valence-electron chi connectivity index (χ1n) is 9.77. The third-order valence-electron chi connectivity index (χ3n) is 4.83. The summed E-state index contributed by atoms with van der Waals surface area (Å²) in [6, 6.07) is 9.26. The van der Waals surface area contributed by atoms with Crippen molar-refractivity contribution in [2.24, 2.45) is 11.5 Å². The molecule has 8 nitrogen and oxygen atoms in total. The lowest BCUT2D eigenvalue weighted by Gasteiger charge is -2.26. The third-order valence-corrected chi connectivity index (χ3v) is 4.83. The van der Waals surface area contributed by atoms with Crippen molar-refractivity contribution >= 4 is 23.2 Å². The van der Waals surface area contributed by atoms with Crippen LogP contribution < -0.4 is 16.8 Å². The molecule has 6 N–H and O–H groups in total. The molecule has 1 aromatic carbocycles. The molecule has 1 aromatic heterocycles. The highest BCUT2D eigenvalue weighted by Gasteiger charge is 2.11. The first-order valence-corrected chi connectivity index (χ1v) is 9.77. The van der Waals surface area contributed by atoms with Crippen LogP contribution in [0, 0.1) is 0 Å². The standard InChI is InChI=1S/C22H27N5O3/c23-12-18(13-24)20-11-22(29)25-14-17(20)3-6-21(28)26-19-4-1-16(2-5-19)15-27-7-9-30-10-8-27/h1-6,11-12,14H,7-10,13,15,23-24H2,(H,25,29)(H,26,28)/b6-3+,18-12+. The first-order chi connectivity index (χ1) is 14.6. The summed E-state index contributed by atoms with van der Waals surface area (Å²) in [7, 11) is 0. The van der Waals surface area contributed by atoms with Crippen molar-refractivity contribution in [3.05, 3.63) is 65.5 Å². The predicted octanol–water partition coefficient (Wildman–Crippen LogP) is 1.53. The van der Waals surface area contributed by atoms with Crippen LogP contribution in [-0.2, 0) is 16.1 Å². The van der Waals surface area contributed by atoms with E-state index in [0.717, 1.165) is 32.8 Å².